The van der Waals surface area contributed by atoms with Gasteiger partial charge < -0.3 is 10.1 Å². The standard InChI is InChI=1S/C22H20FN3O3/c1-14(21(27)24-18-10-6-5-9-17(18)23)29-22(28)20-13-19(15-11-12-15)25-26(20)16-7-3-2-4-8-16/h2-10,13-15H,11-12H2,1H3,(H,24,27)/t14-/m0/s1. The second kappa shape index (κ2) is 7.87. The monoisotopic (exact) mass is 393 g/mol. The van der Waals surface area contributed by atoms with E-state index in [1.807, 2.05) is 30.3 Å². The van der Waals surface area contributed by atoms with Gasteiger partial charge in [-0.3, -0.25) is 4.79 Å². The predicted molar refractivity (Wildman–Crippen MR) is 105 cm³/mol. The summed E-state index contributed by atoms with van der Waals surface area (Å²) in [4.78, 5) is 25.1. The minimum atomic E-state index is -1.11. The molecule has 3 aromatic rings. The zero-order chi connectivity index (χ0) is 20.4. The highest BCUT2D eigenvalue weighted by Crippen LogP contribution is 2.39. The van der Waals surface area contributed by atoms with Gasteiger partial charge in [0.1, 0.15) is 5.82 Å². The molecule has 1 aliphatic carbocycles. The smallest absolute Gasteiger partial charge is 0.357 e. The fraction of sp³-hybridized carbons (Fsp3) is 0.227. The van der Waals surface area contributed by atoms with Crippen molar-refractivity contribution in [2.24, 2.45) is 0 Å². The summed E-state index contributed by atoms with van der Waals surface area (Å²) >= 11 is 0. The van der Waals surface area contributed by atoms with Crippen LogP contribution in [0.5, 0.6) is 0 Å². The van der Waals surface area contributed by atoms with Gasteiger partial charge in [-0.2, -0.15) is 5.10 Å². The summed E-state index contributed by atoms with van der Waals surface area (Å²) in [5, 5.41) is 6.99. The maximum atomic E-state index is 13.7. The van der Waals surface area contributed by atoms with Gasteiger partial charge in [0.25, 0.3) is 5.91 Å². The molecule has 0 spiro atoms. The Hall–Kier alpha value is -3.48. The molecule has 1 saturated carbocycles. The Bertz CT molecular complexity index is 1040. The van der Waals surface area contributed by atoms with Crippen LogP contribution in [0.3, 0.4) is 0 Å². The highest BCUT2D eigenvalue weighted by Gasteiger charge is 2.30. The Labute approximate surface area is 167 Å². The number of halogens is 1. The van der Waals surface area contributed by atoms with E-state index in [1.165, 1.54) is 29.8 Å². The van der Waals surface area contributed by atoms with Crippen molar-refractivity contribution in [3.05, 3.63) is 77.9 Å². The number of amides is 1. The lowest BCUT2D eigenvalue weighted by atomic mass is 10.2. The van der Waals surface area contributed by atoms with Crippen LogP contribution in [0.25, 0.3) is 5.69 Å². The predicted octanol–water partition coefficient (Wildman–Crippen LogP) is 4.07. The summed E-state index contributed by atoms with van der Waals surface area (Å²) in [6, 6.07) is 16.8. The molecule has 1 heterocycles. The molecule has 1 aromatic heterocycles. The van der Waals surface area contributed by atoms with Crippen molar-refractivity contribution in [1.82, 2.24) is 9.78 Å². The first kappa shape index (κ1) is 18.9. The number of nitrogens with zero attached hydrogens (tertiary/aromatic N) is 2. The molecular formula is C22H20FN3O3. The number of nitrogens with one attached hydrogen (secondary N) is 1. The molecule has 0 unspecified atom stereocenters. The van der Waals surface area contributed by atoms with E-state index in [1.54, 1.807) is 12.1 Å². The normalized spacial score (nSPS) is 14.3. The number of ether oxygens (including phenoxy) is 1. The fourth-order valence-corrected chi connectivity index (χ4v) is 2.96. The minimum absolute atomic E-state index is 0.0331. The maximum Gasteiger partial charge on any atom is 0.357 e. The van der Waals surface area contributed by atoms with Gasteiger partial charge in [-0.05, 0) is 50.1 Å². The van der Waals surface area contributed by atoms with E-state index in [2.05, 4.69) is 10.4 Å². The summed E-state index contributed by atoms with van der Waals surface area (Å²) in [6.07, 6.45) is 0.981. The lowest BCUT2D eigenvalue weighted by Gasteiger charge is -2.14. The van der Waals surface area contributed by atoms with Gasteiger partial charge in [-0.25, -0.2) is 13.9 Å². The maximum absolute atomic E-state index is 13.7. The summed E-state index contributed by atoms with van der Waals surface area (Å²) in [5.41, 5.74) is 1.86. The van der Waals surface area contributed by atoms with Gasteiger partial charge in [0.15, 0.2) is 11.8 Å². The van der Waals surface area contributed by atoms with Crippen molar-refractivity contribution in [3.63, 3.8) is 0 Å². The van der Waals surface area contributed by atoms with Crippen molar-refractivity contribution >= 4 is 17.6 Å². The molecule has 0 bridgehead atoms. The van der Waals surface area contributed by atoms with E-state index in [-0.39, 0.29) is 11.4 Å². The number of benzene rings is 2. The molecule has 6 nitrogen and oxygen atoms in total. The summed E-state index contributed by atoms with van der Waals surface area (Å²) in [6.45, 7) is 1.44. The van der Waals surface area contributed by atoms with Crippen LogP contribution in [0.15, 0.2) is 60.7 Å². The molecule has 0 aliphatic heterocycles. The average Bonchev–Trinajstić information content (AvgIpc) is 3.48. The second-order valence-electron chi connectivity index (χ2n) is 6.99. The van der Waals surface area contributed by atoms with Crippen LogP contribution in [0.2, 0.25) is 0 Å². The molecule has 148 valence electrons. The molecule has 1 atom stereocenters. The van der Waals surface area contributed by atoms with Gasteiger partial charge in [0.05, 0.1) is 17.1 Å². The molecule has 1 aliphatic rings. The lowest BCUT2D eigenvalue weighted by molar-refractivity contribution is -0.123. The molecule has 0 saturated heterocycles. The Morgan fingerprint density at radius 3 is 2.52 bits per heavy atom. The highest BCUT2D eigenvalue weighted by atomic mass is 19.1. The number of esters is 1. The molecule has 29 heavy (non-hydrogen) atoms. The van der Waals surface area contributed by atoms with Gasteiger partial charge in [0.2, 0.25) is 0 Å². The number of hydrogen-bond acceptors (Lipinski definition) is 4. The van der Waals surface area contributed by atoms with Gasteiger partial charge in [-0.1, -0.05) is 30.3 Å². The molecule has 4 rings (SSSR count). The van der Waals surface area contributed by atoms with Gasteiger partial charge in [0, 0.05) is 5.92 Å². The van der Waals surface area contributed by atoms with E-state index < -0.39 is 23.8 Å². The van der Waals surface area contributed by atoms with E-state index in [4.69, 9.17) is 4.74 Å². The Morgan fingerprint density at radius 2 is 1.83 bits per heavy atom. The van der Waals surface area contributed by atoms with E-state index >= 15 is 0 Å². The van der Waals surface area contributed by atoms with Crippen molar-refractivity contribution in [2.45, 2.75) is 31.8 Å². The van der Waals surface area contributed by atoms with Crippen molar-refractivity contribution < 1.29 is 18.7 Å². The number of para-hydroxylation sites is 2. The molecule has 2 aromatic carbocycles. The number of carbonyl (C=O) groups is 2. The first-order chi connectivity index (χ1) is 14.0. The summed E-state index contributed by atoms with van der Waals surface area (Å²) < 4.78 is 20.6. The first-order valence-corrected chi connectivity index (χ1v) is 9.44. The van der Waals surface area contributed by atoms with Crippen molar-refractivity contribution in [3.8, 4) is 5.69 Å². The summed E-state index contributed by atoms with van der Waals surface area (Å²) in [7, 11) is 0. The van der Waals surface area contributed by atoms with Crippen molar-refractivity contribution in [1.29, 1.82) is 0 Å². The number of rotatable bonds is 6. The third kappa shape index (κ3) is 4.18. The van der Waals surface area contributed by atoms with Crippen molar-refractivity contribution in [2.75, 3.05) is 5.32 Å². The second-order valence-corrected chi connectivity index (χ2v) is 6.99. The first-order valence-electron chi connectivity index (χ1n) is 9.44. The fourth-order valence-electron chi connectivity index (χ4n) is 2.96. The zero-order valence-electron chi connectivity index (χ0n) is 15.8. The minimum Gasteiger partial charge on any atom is -0.448 e. The van der Waals surface area contributed by atoms with Gasteiger partial charge in [-0.15, -0.1) is 0 Å². The molecule has 1 N–H and O–H groups in total. The van der Waals surface area contributed by atoms with Crippen LogP contribution in [0.1, 0.15) is 41.9 Å². The van der Waals surface area contributed by atoms with Crippen LogP contribution in [0, 0.1) is 5.82 Å². The topological polar surface area (TPSA) is 73.2 Å². The zero-order valence-corrected chi connectivity index (χ0v) is 15.8. The number of aromatic nitrogens is 2. The molecular weight excluding hydrogens is 373 g/mol. The largest absolute Gasteiger partial charge is 0.448 e. The lowest BCUT2D eigenvalue weighted by Crippen LogP contribution is -2.30. The summed E-state index contributed by atoms with van der Waals surface area (Å²) in [5.74, 6) is -1.48. The Balaban J connectivity index is 1.52. The Kier molecular flexibility index (Phi) is 5.12. The third-order valence-electron chi connectivity index (χ3n) is 4.72. The number of carbonyl (C=O) groups excluding carboxylic acids is 2. The highest BCUT2D eigenvalue weighted by molar-refractivity contribution is 5.97. The van der Waals surface area contributed by atoms with Crippen LogP contribution < -0.4 is 5.32 Å². The molecule has 7 heteroatoms. The van der Waals surface area contributed by atoms with Crippen LogP contribution in [-0.4, -0.2) is 27.8 Å². The van der Waals surface area contributed by atoms with Gasteiger partial charge >= 0.3 is 5.97 Å². The Morgan fingerprint density at radius 1 is 1.14 bits per heavy atom. The van der Waals surface area contributed by atoms with Crippen LogP contribution >= 0.6 is 0 Å². The number of anilines is 1. The molecule has 1 amide bonds. The van der Waals surface area contributed by atoms with E-state index in [0.717, 1.165) is 24.2 Å². The number of hydrogen-bond donors (Lipinski definition) is 1. The third-order valence-corrected chi connectivity index (χ3v) is 4.72. The van der Waals surface area contributed by atoms with Crippen LogP contribution in [-0.2, 0) is 9.53 Å². The van der Waals surface area contributed by atoms with Crippen LogP contribution in [0.4, 0.5) is 10.1 Å². The SMILES string of the molecule is C[C@H](OC(=O)c1cc(C2CC2)nn1-c1ccccc1)C(=O)Nc1ccccc1F. The average molecular weight is 393 g/mol. The van der Waals surface area contributed by atoms with E-state index in [9.17, 15) is 14.0 Å². The van der Waals surface area contributed by atoms with E-state index in [0.29, 0.717) is 5.92 Å². The quantitative estimate of drug-likeness (QED) is 0.641. The molecule has 1 fully saturated rings. The molecule has 0 radical (unpaired) electrons.